The van der Waals surface area contributed by atoms with Gasteiger partial charge >= 0.3 is 5.97 Å². The summed E-state index contributed by atoms with van der Waals surface area (Å²) >= 11 is 0. The van der Waals surface area contributed by atoms with Gasteiger partial charge in [-0.15, -0.1) is 0 Å². The second-order valence-electron chi connectivity index (χ2n) is 4.89. The largest absolute Gasteiger partial charge is 0.458 e. The van der Waals surface area contributed by atoms with E-state index in [1.165, 1.54) is 0 Å². The van der Waals surface area contributed by atoms with E-state index in [1.807, 2.05) is 44.2 Å². The summed E-state index contributed by atoms with van der Waals surface area (Å²) < 4.78 is 5.57. The molecule has 0 bridgehead atoms. The molecule has 3 atom stereocenters. The number of hydrogen-bond donors (Lipinski definition) is 0. The number of hydrogen-bond acceptors (Lipinski definition) is 2. The van der Waals surface area contributed by atoms with Crippen LogP contribution >= 0.6 is 0 Å². The lowest BCUT2D eigenvalue weighted by Crippen LogP contribution is -2.24. The van der Waals surface area contributed by atoms with Crippen molar-refractivity contribution in [3.8, 4) is 0 Å². The molecule has 0 aliphatic heterocycles. The molecular weight excluding hydrogens is 224 g/mol. The Kier molecular flexibility index (Phi) is 5.90. The summed E-state index contributed by atoms with van der Waals surface area (Å²) in [6, 6.07) is 9.87. The molecule has 0 saturated carbocycles. The van der Waals surface area contributed by atoms with Crippen LogP contribution in [0.4, 0.5) is 0 Å². The van der Waals surface area contributed by atoms with Crippen molar-refractivity contribution in [1.29, 1.82) is 0 Å². The van der Waals surface area contributed by atoms with Crippen molar-refractivity contribution in [2.45, 2.75) is 46.6 Å². The highest BCUT2D eigenvalue weighted by atomic mass is 16.5. The van der Waals surface area contributed by atoms with Crippen molar-refractivity contribution in [2.24, 2.45) is 11.8 Å². The van der Waals surface area contributed by atoms with E-state index >= 15 is 0 Å². The SMILES string of the molecule is CCC(C)C(CC)C(=O)OC(C)c1ccccc1. The molecule has 2 nitrogen and oxygen atoms in total. The molecule has 0 amide bonds. The average Bonchev–Trinajstić information content (AvgIpc) is 2.40. The molecule has 1 rings (SSSR count). The maximum Gasteiger partial charge on any atom is 0.309 e. The van der Waals surface area contributed by atoms with Crippen LogP contribution in [0.5, 0.6) is 0 Å². The summed E-state index contributed by atoms with van der Waals surface area (Å²) in [6.07, 6.45) is 1.68. The van der Waals surface area contributed by atoms with Crippen LogP contribution in [-0.2, 0) is 9.53 Å². The third kappa shape index (κ3) is 3.86. The molecule has 1 aromatic carbocycles. The Morgan fingerprint density at radius 2 is 1.72 bits per heavy atom. The second kappa shape index (κ2) is 7.20. The van der Waals surface area contributed by atoms with E-state index in [9.17, 15) is 4.79 Å². The van der Waals surface area contributed by atoms with Gasteiger partial charge in [0.25, 0.3) is 0 Å². The molecule has 0 N–H and O–H groups in total. The second-order valence-corrected chi connectivity index (χ2v) is 4.89. The van der Waals surface area contributed by atoms with E-state index in [1.54, 1.807) is 0 Å². The molecule has 0 saturated heterocycles. The minimum Gasteiger partial charge on any atom is -0.458 e. The van der Waals surface area contributed by atoms with Crippen molar-refractivity contribution in [3.63, 3.8) is 0 Å². The normalized spacial score (nSPS) is 15.8. The molecule has 18 heavy (non-hydrogen) atoms. The number of esters is 1. The van der Waals surface area contributed by atoms with Gasteiger partial charge in [-0.25, -0.2) is 0 Å². The van der Waals surface area contributed by atoms with E-state index in [0.29, 0.717) is 5.92 Å². The van der Waals surface area contributed by atoms with Crippen LogP contribution in [0, 0.1) is 11.8 Å². The molecule has 0 aliphatic rings. The zero-order chi connectivity index (χ0) is 13.5. The summed E-state index contributed by atoms with van der Waals surface area (Å²) in [5.41, 5.74) is 1.05. The quantitative estimate of drug-likeness (QED) is 0.699. The lowest BCUT2D eigenvalue weighted by molar-refractivity contribution is -0.155. The van der Waals surface area contributed by atoms with Crippen LogP contribution < -0.4 is 0 Å². The molecule has 0 radical (unpaired) electrons. The first kappa shape index (κ1) is 14.7. The first-order valence-corrected chi connectivity index (χ1v) is 6.85. The Morgan fingerprint density at radius 3 is 2.22 bits per heavy atom. The highest BCUT2D eigenvalue weighted by Gasteiger charge is 2.25. The van der Waals surface area contributed by atoms with Gasteiger partial charge in [0.15, 0.2) is 0 Å². The number of carbonyl (C=O) groups is 1. The van der Waals surface area contributed by atoms with Gasteiger partial charge in [0.2, 0.25) is 0 Å². The van der Waals surface area contributed by atoms with Gasteiger partial charge in [-0.1, -0.05) is 57.5 Å². The highest BCUT2D eigenvalue weighted by molar-refractivity contribution is 5.73. The van der Waals surface area contributed by atoms with E-state index < -0.39 is 0 Å². The average molecular weight is 248 g/mol. The van der Waals surface area contributed by atoms with Gasteiger partial charge in [-0.05, 0) is 24.8 Å². The van der Waals surface area contributed by atoms with Gasteiger partial charge in [-0.2, -0.15) is 0 Å². The minimum atomic E-state index is -0.170. The maximum atomic E-state index is 12.1. The lowest BCUT2D eigenvalue weighted by atomic mass is 9.89. The van der Waals surface area contributed by atoms with Gasteiger partial charge in [0, 0.05) is 0 Å². The van der Waals surface area contributed by atoms with E-state index in [-0.39, 0.29) is 18.0 Å². The summed E-state index contributed by atoms with van der Waals surface area (Å²) in [5, 5.41) is 0. The Balaban J connectivity index is 2.64. The first-order valence-electron chi connectivity index (χ1n) is 6.85. The van der Waals surface area contributed by atoms with Crippen molar-refractivity contribution in [2.75, 3.05) is 0 Å². The Morgan fingerprint density at radius 1 is 1.11 bits per heavy atom. The van der Waals surface area contributed by atoms with Gasteiger partial charge < -0.3 is 4.74 Å². The topological polar surface area (TPSA) is 26.3 Å². The molecule has 0 fully saturated rings. The van der Waals surface area contributed by atoms with Gasteiger partial charge in [0.05, 0.1) is 5.92 Å². The summed E-state index contributed by atoms with van der Waals surface area (Å²) in [7, 11) is 0. The van der Waals surface area contributed by atoms with Crippen LogP contribution in [0.2, 0.25) is 0 Å². The molecule has 1 aromatic rings. The molecule has 3 unspecified atom stereocenters. The lowest BCUT2D eigenvalue weighted by Gasteiger charge is -2.22. The van der Waals surface area contributed by atoms with Gasteiger partial charge in [0.1, 0.15) is 6.10 Å². The Labute approximate surface area is 110 Å². The summed E-state index contributed by atoms with van der Waals surface area (Å²) in [6.45, 7) is 8.20. The Bertz CT molecular complexity index is 359. The first-order chi connectivity index (χ1) is 8.60. The molecule has 2 heteroatoms. The number of carbonyl (C=O) groups excluding carboxylic acids is 1. The zero-order valence-electron chi connectivity index (χ0n) is 11.8. The molecule has 0 aromatic heterocycles. The third-order valence-electron chi connectivity index (χ3n) is 3.64. The fourth-order valence-electron chi connectivity index (χ4n) is 2.14. The van der Waals surface area contributed by atoms with Crippen molar-refractivity contribution < 1.29 is 9.53 Å². The molecule has 0 spiro atoms. The monoisotopic (exact) mass is 248 g/mol. The number of benzene rings is 1. The standard InChI is InChI=1S/C16H24O2/c1-5-12(3)15(6-2)16(17)18-13(4)14-10-8-7-9-11-14/h7-13,15H,5-6H2,1-4H3. The third-order valence-corrected chi connectivity index (χ3v) is 3.64. The number of rotatable bonds is 6. The van der Waals surface area contributed by atoms with Crippen LogP contribution in [0.25, 0.3) is 0 Å². The maximum absolute atomic E-state index is 12.1. The Hall–Kier alpha value is -1.31. The van der Waals surface area contributed by atoms with E-state index in [2.05, 4.69) is 13.8 Å². The molecule has 0 aliphatic carbocycles. The van der Waals surface area contributed by atoms with Crippen molar-refractivity contribution in [3.05, 3.63) is 35.9 Å². The van der Waals surface area contributed by atoms with Gasteiger partial charge in [-0.3, -0.25) is 4.79 Å². The van der Waals surface area contributed by atoms with Crippen LogP contribution in [0.15, 0.2) is 30.3 Å². The van der Waals surface area contributed by atoms with Crippen molar-refractivity contribution in [1.82, 2.24) is 0 Å². The predicted octanol–water partition coefficient (Wildman–Crippen LogP) is 4.36. The van der Waals surface area contributed by atoms with Crippen LogP contribution in [0.3, 0.4) is 0 Å². The highest BCUT2D eigenvalue weighted by Crippen LogP contribution is 2.24. The summed E-state index contributed by atoms with van der Waals surface area (Å²) in [4.78, 5) is 12.1. The zero-order valence-corrected chi connectivity index (χ0v) is 11.8. The summed E-state index contributed by atoms with van der Waals surface area (Å²) in [5.74, 6) is 0.329. The molecule has 100 valence electrons. The number of ether oxygens (including phenoxy) is 1. The fourth-order valence-corrected chi connectivity index (χ4v) is 2.14. The van der Waals surface area contributed by atoms with Crippen LogP contribution in [0.1, 0.15) is 52.2 Å². The molecule has 0 heterocycles. The van der Waals surface area contributed by atoms with E-state index in [4.69, 9.17) is 4.74 Å². The van der Waals surface area contributed by atoms with Crippen molar-refractivity contribution >= 4 is 5.97 Å². The van der Waals surface area contributed by atoms with Crippen LogP contribution in [-0.4, -0.2) is 5.97 Å². The van der Waals surface area contributed by atoms with E-state index in [0.717, 1.165) is 18.4 Å². The smallest absolute Gasteiger partial charge is 0.309 e. The predicted molar refractivity (Wildman–Crippen MR) is 74.2 cm³/mol. The molecular formula is C16H24O2. The fraction of sp³-hybridized carbons (Fsp3) is 0.562. The minimum absolute atomic E-state index is 0.0150.